The van der Waals surface area contributed by atoms with Crippen LogP contribution in [0.3, 0.4) is 0 Å². The highest BCUT2D eigenvalue weighted by Crippen LogP contribution is 2.37. The summed E-state index contributed by atoms with van der Waals surface area (Å²) >= 11 is 0. The molecule has 29 heavy (non-hydrogen) atoms. The number of amides is 2. The van der Waals surface area contributed by atoms with Crippen molar-refractivity contribution in [3.8, 4) is 23.3 Å². The number of ether oxygens (including phenoxy) is 1. The van der Waals surface area contributed by atoms with Crippen LogP contribution < -0.4 is 9.64 Å². The topological polar surface area (TPSA) is 90.6 Å². The molecule has 1 N–H and O–H groups in total. The van der Waals surface area contributed by atoms with Crippen molar-refractivity contribution in [3.05, 3.63) is 89.5 Å². The largest absolute Gasteiger partial charge is 0.508 e. The van der Waals surface area contributed by atoms with Gasteiger partial charge in [0.15, 0.2) is 0 Å². The lowest BCUT2D eigenvalue weighted by Crippen LogP contribution is -2.30. The number of benzene rings is 3. The Bertz CT molecular complexity index is 1170. The van der Waals surface area contributed by atoms with Crippen LogP contribution in [0.2, 0.25) is 0 Å². The van der Waals surface area contributed by atoms with Crippen LogP contribution in [0.4, 0.5) is 5.69 Å². The van der Waals surface area contributed by atoms with Gasteiger partial charge in [0.1, 0.15) is 23.3 Å². The molecule has 0 radical (unpaired) electrons. The number of fused-ring (bicyclic) bond motifs is 1. The van der Waals surface area contributed by atoms with E-state index < -0.39 is 11.8 Å². The molecule has 3 aromatic rings. The predicted molar refractivity (Wildman–Crippen MR) is 107 cm³/mol. The molecule has 140 valence electrons. The van der Waals surface area contributed by atoms with Gasteiger partial charge in [-0.25, -0.2) is 4.90 Å². The minimum Gasteiger partial charge on any atom is -0.508 e. The smallest absolute Gasteiger partial charge is 0.266 e. The van der Waals surface area contributed by atoms with Crippen molar-refractivity contribution in [1.29, 1.82) is 5.26 Å². The van der Waals surface area contributed by atoms with E-state index in [1.54, 1.807) is 36.4 Å². The van der Waals surface area contributed by atoms with Gasteiger partial charge >= 0.3 is 0 Å². The molecule has 1 aliphatic rings. The molecule has 0 atom stereocenters. The third kappa shape index (κ3) is 3.01. The first-order valence-corrected chi connectivity index (χ1v) is 8.68. The molecular weight excluding hydrogens is 368 g/mol. The lowest BCUT2D eigenvalue weighted by Gasteiger charge is -2.19. The number of phenols is 1. The summed E-state index contributed by atoms with van der Waals surface area (Å²) in [5.74, 6) is -0.260. The van der Waals surface area contributed by atoms with Gasteiger partial charge in [0, 0.05) is 6.07 Å². The van der Waals surface area contributed by atoms with Gasteiger partial charge in [-0.05, 0) is 48.0 Å². The Hall–Kier alpha value is -4.37. The maximum Gasteiger partial charge on any atom is 0.266 e. The van der Waals surface area contributed by atoms with Crippen LogP contribution in [0.15, 0.2) is 67.2 Å². The second kappa shape index (κ2) is 6.98. The molecule has 6 nitrogen and oxygen atoms in total. The van der Waals surface area contributed by atoms with E-state index in [1.165, 1.54) is 30.3 Å². The van der Waals surface area contributed by atoms with E-state index in [4.69, 9.17) is 4.74 Å². The summed E-state index contributed by atoms with van der Waals surface area (Å²) in [5, 5.41) is 18.9. The fraction of sp³-hybridized carbons (Fsp3) is 0. The van der Waals surface area contributed by atoms with E-state index in [2.05, 4.69) is 6.58 Å². The van der Waals surface area contributed by atoms with Gasteiger partial charge in [0.05, 0.1) is 22.4 Å². The lowest BCUT2D eigenvalue weighted by molar-refractivity contribution is 0.0926. The molecule has 4 rings (SSSR count). The molecule has 0 bridgehead atoms. The second-order valence-corrected chi connectivity index (χ2v) is 6.31. The van der Waals surface area contributed by atoms with Gasteiger partial charge < -0.3 is 9.84 Å². The highest BCUT2D eigenvalue weighted by Gasteiger charge is 2.37. The molecule has 0 saturated heterocycles. The van der Waals surface area contributed by atoms with Gasteiger partial charge in [-0.2, -0.15) is 5.26 Å². The number of hydrogen-bond acceptors (Lipinski definition) is 5. The van der Waals surface area contributed by atoms with Crippen LogP contribution in [-0.4, -0.2) is 16.9 Å². The third-order valence-corrected chi connectivity index (χ3v) is 4.57. The minimum absolute atomic E-state index is 0.0755. The monoisotopic (exact) mass is 382 g/mol. The number of rotatable bonds is 4. The van der Waals surface area contributed by atoms with E-state index in [9.17, 15) is 20.0 Å². The quantitative estimate of drug-likeness (QED) is 0.671. The maximum absolute atomic E-state index is 12.9. The van der Waals surface area contributed by atoms with E-state index in [1.807, 2.05) is 6.07 Å². The first-order valence-electron chi connectivity index (χ1n) is 8.68. The molecule has 0 spiro atoms. The maximum atomic E-state index is 12.9. The summed E-state index contributed by atoms with van der Waals surface area (Å²) < 4.78 is 5.79. The molecular formula is C23H14N2O4. The van der Waals surface area contributed by atoms with Crippen molar-refractivity contribution in [1.82, 2.24) is 0 Å². The molecule has 1 heterocycles. The Kier molecular flexibility index (Phi) is 4.34. The zero-order chi connectivity index (χ0) is 20.5. The Labute approximate surface area is 166 Å². The number of carbonyl (C=O) groups is 2. The van der Waals surface area contributed by atoms with Crippen molar-refractivity contribution in [2.45, 2.75) is 0 Å². The Morgan fingerprint density at radius 2 is 1.62 bits per heavy atom. The van der Waals surface area contributed by atoms with E-state index >= 15 is 0 Å². The first kappa shape index (κ1) is 18.0. The molecule has 0 saturated carbocycles. The molecule has 0 fully saturated rings. The van der Waals surface area contributed by atoms with Crippen LogP contribution in [0.5, 0.6) is 17.2 Å². The van der Waals surface area contributed by atoms with Gasteiger partial charge in [-0.15, -0.1) is 0 Å². The normalized spacial score (nSPS) is 12.4. The molecule has 2 amide bonds. The highest BCUT2D eigenvalue weighted by molar-refractivity contribution is 6.34. The zero-order valence-electron chi connectivity index (χ0n) is 15.1. The molecule has 6 heteroatoms. The van der Waals surface area contributed by atoms with Gasteiger partial charge in [0.25, 0.3) is 11.8 Å². The summed E-state index contributed by atoms with van der Waals surface area (Å²) in [6.07, 6.45) is 1.48. The SMILES string of the molecule is C=Cc1cc(C#N)c(Oc2ccc(O)cc2)cc1N1C(=O)c2ccccc2C1=O. The minimum atomic E-state index is -0.450. The van der Waals surface area contributed by atoms with Crippen LogP contribution in [0, 0.1) is 11.3 Å². The summed E-state index contributed by atoms with van der Waals surface area (Å²) in [4.78, 5) is 26.8. The zero-order valence-corrected chi connectivity index (χ0v) is 15.1. The number of aromatic hydroxyl groups is 1. The van der Waals surface area contributed by atoms with Crippen molar-refractivity contribution in [3.63, 3.8) is 0 Å². The van der Waals surface area contributed by atoms with E-state index in [0.717, 1.165) is 4.90 Å². The van der Waals surface area contributed by atoms with Crippen molar-refractivity contribution in [2.24, 2.45) is 0 Å². The fourth-order valence-corrected chi connectivity index (χ4v) is 3.16. The summed E-state index contributed by atoms with van der Waals surface area (Å²) in [5.41, 5.74) is 1.58. The van der Waals surface area contributed by atoms with Crippen molar-refractivity contribution in [2.75, 3.05) is 4.90 Å². The second-order valence-electron chi connectivity index (χ2n) is 6.31. The molecule has 0 aliphatic carbocycles. The fourth-order valence-electron chi connectivity index (χ4n) is 3.16. The number of hydrogen-bond donors (Lipinski definition) is 1. The summed E-state index contributed by atoms with van der Waals surface area (Å²) in [6, 6.07) is 17.6. The summed E-state index contributed by atoms with van der Waals surface area (Å²) in [7, 11) is 0. The average Bonchev–Trinajstić information content (AvgIpc) is 3.00. The first-order chi connectivity index (χ1) is 14.0. The molecule has 0 aromatic heterocycles. The number of phenolic OH excluding ortho intramolecular Hbond substituents is 1. The molecule has 0 unspecified atom stereocenters. The molecule has 3 aromatic carbocycles. The predicted octanol–water partition coefficient (Wildman–Crippen LogP) is 4.50. The average molecular weight is 382 g/mol. The standard InChI is InChI=1S/C23H14N2O4/c1-2-14-11-15(13-24)21(29-17-9-7-16(26)8-10-17)12-20(14)25-22(27)18-5-3-4-6-19(18)23(25)28/h2-12,26H,1H2. The van der Waals surface area contributed by atoms with E-state index in [-0.39, 0.29) is 22.7 Å². The van der Waals surface area contributed by atoms with Crippen LogP contribution in [0.25, 0.3) is 6.08 Å². The van der Waals surface area contributed by atoms with Gasteiger partial charge in [-0.1, -0.05) is 24.8 Å². The summed E-state index contributed by atoms with van der Waals surface area (Å²) in [6.45, 7) is 3.73. The van der Waals surface area contributed by atoms with Gasteiger partial charge in [0.2, 0.25) is 0 Å². The number of carbonyl (C=O) groups excluding carboxylic acids is 2. The Morgan fingerprint density at radius 1 is 1.00 bits per heavy atom. The number of imide groups is 1. The number of nitrogens with zero attached hydrogens (tertiary/aromatic N) is 2. The number of nitriles is 1. The Morgan fingerprint density at radius 3 is 2.17 bits per heavy atom. The Balaban J connectivity index is 1.83. The van der Waals surface area contributed by atoms with Crippen molar-refractivity contribution < 1.29 is 19.4 Å². The van der Waals surface area contributed by atoms with Crippen LogP contribution in [0.1, 0.15) is 31.8 Å². The lowest BCUT2D eigenvalue weighted by atomic mass is 10.1. The van der Waals surface area contributed by atoms with Crippen LogP contribution >= 0.6 is 0 Å². The third-order valence-electron chi connectivity index (χ3n) is 4.57. The number of anilines is 1. The van der Waals surface area contributed by atoms with E-state index in [0.29, 0.717) is 22.4 Å². The van der Waals surface area contributed by atoms with Gasteiger partial charge in [-0.3, -0.25) is 9.59 Å². The molecule has 1 aliphatic heterocycles. The highest BCUT2D eigenvalue weighted by atomic mass is 16.5. The van der Waals surface area contributed by atoms with Crippen molar-refractivity contribution >= 4 is 23.6 Å². The van der Waals surface area contributed by atoms with Crippen LogP contribution in [-0.2, 0) is 0 Å².